The van der Waals surface area contributed by atoms with Crippen LogP contribution in [0.15, 0.2) is 24.3 Å². The van der Waals surface area contributed by atoms with Crippen molar-refractivity contribution in [3.05, 3.63) is 35.4 Å². The van der Waals surface area contributed by atoms with Gasteiger partial charge >= 0.3 is 11.9 Å². The zero-order valence-corrected chi connectivity index (χ0v) is 10.8. The van der Waals surface area contributed by atoms with Crippen LogP contribution in [0, 0.1) is 5.92 Å². The highest BCUT2D eigenvalue weighted by molar-refractivity contribution is 5.95. The fourth-order valence-electron chi connectivity index (χ4n) is 3.28. The van der Waals surface area contributed by atoms with Gasteiger partial charge in [0.25, 0.3) is 0 Å². The van der Waals surface area contributed by atoms with Gasteiger partial charge in [0.2, 0.25) is 0 Å². The predicted molar refractivity (Wildman–Crippen MR) is 67.5 cm³/mol. The minimum Gasteiger partial charge on any atom is -0.466 e. The summed E-state index contributed by atoms with van der Waals surface area (Å²) in [6.07, 6.45) is 2.27. The lowest BCUT2D eigenvalue weighted by molar-refractivity contribution is -0.156. The van der Waals surface area contributed by atoms with Gasteiger partial charge in [-0.1, -0.05) is 18.2 Å². The first-order valence-corrected chi connectivity index (χ1v) is 6.68. The van der Waals surface area contributed by atoms with Crippen molar-refractivity contribution in [2.75, 3.05) is 6.61 Å². The normalized spacial score (nSPS) is 28.3. The summed E-state index contributed by atoms with van der Waals surface area (Å²) in [5.74, 6) is -0.962. The van der Waals surface area contributed by atoms with E-state index in [1.54, 1.807) is 13.0 Å². The summed E-state index contributed by atoms with van der Waals surface area (Å²) in [5, 5.41) is 0. The SMILES string of the molecule is CCOC(=O)C1CCCC12OC(=O)c1ccccc12. The number of benzene rings is 1. The Morgan fingerprint density at radius 2 is 2.26 bits per heavy atom. The van der Waals surface area contributed by atoms with Crippen molar-refractivity contribution in [2.24, 2.45) is 5.92 Å². The van der Waals surface area contributed by atoms with Crippen LogP contribution in [0.3, 0.4) is 0 Å². The highest BCUT2D eigenvalue weighted by Gasteiger charge is 2.56. The van der Waals surface area contributed by atoms with Gasteiger partial charge in [0.15, 0.2) is 5.60 Å². The molecule has 19 heavy (non-hydrogen) atoms. The number of ether oxygens (including phenoxy) is 2. The van der Waals surface area contributed by atoms with Crippen molar-refractivity contribution >= 4 is 11.9 Å². The Morgan fingerprint density at radius 3 is 3.05 bits per heavy atom. The molecule has 2 atom stereocenters. The molecule has 0 amide bonds. The molecule has 1 heterocycles. The third-order valence-corrected chi connectivity index (χ3v) is 4.05. The maximum Gasteiger partial charge on any atom is 0.339 e. The van der Waals surface area contributed by atoms with Gasteiger partial charge in [0, 0.05) is 5.56 Å². The van der Waals surface area contributed by atoms with Gasteiger partial charge in [-0.05, 0) is 32.3 Å². The summed E-state index contributed by atoms with van der Waals surface area (Å²) in [7, 11) is 0. The zero-order chi connectivity index (χ0) is 13.5. The lowest BCUT2D eigenvalue weighted by Gasteiger charge is -2.29. The van der Waals surface area contributed by atoms with Crippen molar-refractivity contribution in [1.82, 2.24) is 0 Å². The molecule has 4 heteroatoms. The molecule has 1 aromatic rings. The smallest absolute Gasteiger partial charge is 0.339 e. The van der Waals surface area contributed by atoms with Gasteiger partial charge < -0.3 is 9.47 Å². The molecule has 0 radical (unpaired) electrons. The molecule has 1 aromatic carbocycles. The van der Waals surface area contributed by atoms with Crippen molar-refractivity contribution in [3.8, 4) is 0 Å². The Labute approximate surface area is 111 Å². The van der Waals surface area contributed by atoms with Crippen LogP contribution in [-0.2, 0) is 19.9 Å². The standard InChI is InChI=1S/C15H16O4/c1-2-18-14(17)12-8-5-9-15(12)11-7-4-3-6-10(11)13(16)19-15/h3-4,6-7,12H,2,5,8-9H2,1H3. The molecule has 0 bridgehead atoms. The molecular weight excluding hydrogens is 244 g/mol. The van der Waals surface area contributed by atoms with Crippen LogP contribution in [0.2, 0.25) is 0 Å². The molecule has 0 saturated heterocycles. The molecule has 1 aliphatic heterocycles. The average Bonchev–Trinajstić information content (AvgIpc) is 2.95. The molecule has 100 valence electrons. The number of rotatable bonds is 2. The van der Waals surface area contributed by atoms with E-state index in [9.17, 15) is 9.59 Å². The lowest BCUT2D eigenvalue weighted by Crippen LogP contribution is -2.36. The average molecular weight is 260 g/mol. The summed E-state index contributed by atoms with van der Waals surface area (Å²) < 4.78 is 10.8. The van der Waals surface area contributed by atoms with E-state index >= 15 is 0 Å². The van der Waals surface area contributed by atoms with Gasteiger partial charge in [-0.2, -0.15) is 0 Å². The highest BCUT2D eigenvalue weighted by atomic mass is 16.6. The quantitative estimate of drug-likeness (QED) is 0.766. The highest BCUT2D eigenvalue weighted by Crippen LogP contribution is 2.52. The van der Waals surface area contributed by atoms with E-state index in [0.29, 0.717) is 25.0 Å². The minimum absolute atomic E-state index is 0.260. The van der Waals surface area contributed by atoms with Crippen LogP contribution in [0.25, 0.3) is 0 Å². The van der Waals surface area contributed by atoms with E-state index in [4.69, 9.17) is 9.47 Å². The first-order valence-electron chi connectivity index (χ1n) is 6.68. The molecule has 1 aliphatic carbocycles. The Hall–Kier alpha value is -1.84. The molecule has 0 aromatic heterocycles. The summed E-state index contributed by atoms with van der Waals surface area (Å²) in [6, 6.07) is 7.33. The minimum atomic E-state index is -0.792. The van der Waals surface area contributed by atoms with E-state index in [1.165, 1.54) is 0 Å². The molecule has 2 unspecified atom stereocenters. The topological polar surface area (TPSA) is 52.6 Å². The first kappa shape index (κ1) is 12.2. The first-order chi connectivity index (χ1) is 9.19. The van der Waals surface area contributed by atoms with Gasteiger partial charge in [-0.25, -0.2) is 4.79 Å². The Morgan fingerprint density at radius 1 is 1.47 bits per heavy atom. The summed E-state index contributed by atoms with van der Waals surface area (Å²) in [6.45, 7) is 2.13. The summed E-state index contributed by atoms with van der Waals surface area (Å²) >= 11 is 0. The number of hydrogen-bond donors (Lipinski definition) is 0. The molecule has 0 N–H and O–H groups in total. The second-order valence-corrected chi connectivity index (χ2v) is 5.02. The Balaban J connectivity index is 2.04. The maximum absolute atomic E-state index is 12.1. The summed E-state index contributed by atoms with van der Waals surface area (Å²) in [5.41, 5.74) is 0.633. The van der Waals surface area contributed by atoms with Crippen molar-refractivity contribution in [3.63, 3.8) is 0 Å². The van der Waals surface area contributed by atoms with Crippen LogP contribution >= 0.6 is 0 Å². The van der Waals surface area contributed by atoms with Crippen molar-refractivity contribution in [2.45, 2.75) is 31.8 Å². The van der Waals surface area contributed by atoms with Gasteiger partial charge in [-0.3, -0.25) is 4.79 Å². The molecule has 1 saturated carbocycles. The number of carbonyl (C=O) groups excluding carboxylic acids is 2. The zero-order valence-electron chi connectivity index (χ0n) is 10.8. The molecule has 1 fully saturated rings. The molecule has 2 aliphatic rings. The monoisotopic (exact) mass is 260 g/mol. The fraction of sp³-hybridized carbons (Fsp3) is 0.467. The molecular formula is C15H16O4. The molecule has 4 nitrogen and oxygen atoms in total. The Kier molecular flexibility index (Phi) is 2.81. The van der Waals surface area contributed by atoms with E-state index < -0.39 is 5.60 Å². The van der Waals surface area contributed by atoms with E-state index in [-0.39, 0.29) is 17.9 Å². The third kappa shape index (κ3) is 1.66. The van der Waals surface area contributed by atoms with Crippen molar-refractivity contribution in [1.29, 1.82) is 0 Å². The largest absolute Gasteiger partial charge is 0.466 e. The van der Waals surface area contributed by atoms with Gasteiger partial charge in [0.05, 0.1) is 12.2 Å². The Bertz CT molecular complexity index is 537. The molecule has 1 spiro atoms. The van der Waals surface area contributed by atoms with Crippen LogP contribution in [0.4, 0.5) is 0 Å². The van der Waals surface area contributed by atoms with Gasteiger partial charge in [-0.15, -0.1) is 0 Å². The second kappa shape index (κ2) is 4.37. The second-order valence-electron chi connectivity index (χ2n) is 5.02. The maximum atomic E-state index is 12.1. The molecule has 3 rings (SSSR count). The predicted octanol–water partition coefficient (Wildman–Crippen LogP) is 2.42. The number of hydrogen-bond acceptors (Lipinski definition) is 4. The number of esters is 2. The van der Waals surface area contributed by atoms with Crippen LogP contribution in [0.1, 0.15) is 42.1 Å². The summed E-state index contributed by atoms with van der Waals surface area (Å²) in [4.78, 5) is 24.1. The third-order valence-electron chi connectivity index (χ3n) is 4.05. The van der Waals surface area contributed by atoms with E-state index in [2.05, 4.69) is 0 Å². The van der Waals surface area contributed by atoms with Crippen LogP contribution in [0.5, 0.6) is 0 Å². The van der Waals surface area contributed by atoms with Gasteiger partial charge in [0.1, 0.15) is 5.92 Å². The van der Waals surface area contributed by atoms with Crippen LogP contribution in [-0.4, -0.2) is 18.5 Å². The van der Waals surface area contributed by atoms with Crippen LogP contribution < -0.4 is 0 Å². The number of fused-ring (bicyclic) bond motifs is 2. The fourth-order valence-corrected chi connectivity index (χ4v) is 3.28. The van der Waals surface area contributed by atoms with E-state index in [1.807, 2.05) is 18.2 Å². The van der Waals surface area contributed by atoms with Crippen molar-refractivity contribution < 1.29 is 19.1 Å². The van der Waals surface area contributed by atoms with E-state index in [0.717, 1.165) is 12.0 Å². The lowest BCUT2D eigenvalue weighted by atomic mass is 9.83. The number of carbonyl (C=O) groups is 2.